The minimum absolute atomic E-state index is 0.233. The fourth-order valence-corrected chi connectivity index (χ4v) is 2.11. The maximum absolute atomic E-state index is 13.6. The zero-order valence-electron chi connectivity index (χ0n) is 9.05. The molecule has 2 nitrogen and oxygen atoms in total. The van der Waals surface area contributed by atoms with Crippen LogP contribution in [0.2, 0.25) is 5.02 Å². The van der Waals surface area contributed by atoms with Crippen LogP contribution in [0.5, 0.6) is 0 Å². The number of hydrogen-bond acceptors (Lipinski definition) is 2. The molecule has 0 unspecified atom stereocenters. The lowest BCUT2D eigenvalue weighted by Gasteiger charge is -2.10. The number of nitrogens with one attached hydrogen (secondary N) is 1. The van der Waals surface area contributed by atoms with Gasteiger partial charge in [-0.15, -0.1) is 0 Å². The van der Waals surface area contributed by atoms with Crippen molar-refractivity contribution in [2.24, 2.45) is 0 Å². The number of nitriles is 1. The summed E-state index contributed by atoms with van der Waals surface area (Å²) in [6, 6.07) is 11.5. The van der Waals surface area contributed by atoms with Crippen LogP contribution in [-0.4, -0.2) is 0 Å². The van der Waals surface area contributed by atoms with Gasteiger partial charge in [0.15, 0.2) is 0 Å². The van der Waals surface area contributed by atoms with Crippen LogP contribution in [0.3, 0.4) is 0 Å². The molecular weight excluding hydrogens is 319 g/mol. The van der Waals surface area contributed by atoms with Crippen molar-refractivity contribution in [1.82, 2.24) is 0 Å². The van der Waals surface area contributed by atoms with Gasteiger partial charge >= 0.3 is 0 Å². The number of benzene rings is 2. The summed E-state index contributed by atoms with van der Waals surface area (Å²) in [5.41, 5.74) is 1.17. The van der Waals surface area contributed by atoms with Crippen molar-refractivity contribution in [3.8, 4) is 6.07 Å². The van der Waals surface area contributed by atoms with E-state index in [0.29, 0.717) is 20.7 Å². The Morgan fingerprint density at radius 3 is 2.72 bits per heavy atom. The van der Waals surface area contributed by atoms with Gasteiger partial charge in [0.05, 0.1) is 16.9 Å². The van der Waals surface area contributed by atoms with Crippen LogP contribution >= 0.6 is 27.5 Å². The molecule has 0 bridgehead atoms. The zero-order chi connectivity index (χ0) is 13.1. The Morgan fingerprint density at radius 2 is 2.00 bits per heavy atom. The molecule has 0 aromatic heterocycles. The molecule has 0 radical (unpaired) electrons. The predicted molar refractivity (Wildman–Crippen MR) is 73.5 cm³/mol. The van der Waals surface area contributed by atoms with E-state index in [0.717, 1.165) is 0 Å². The number of anilines is 2. The van der Waals surface area contributed by atoms with Crippen molar-refractivity contribution >= 4 is 38.9 Å². The molecule has 2 aromatic carbocycles. The van der Waals surface area contributed by atoms with Crippen molar-refractivity contribution < 1.29 is 4.39 Å². The maximum Gasteiger partial charge on any atom is 0.146 e. The third-order valence-electron chi connectivity index (χ3n) is 2.32. The van der Waals surface area contributed by atoms with Crippen LogP contribution < -0.4 is 5.32 Å². The molecule has 0 aliphatic heterocycles. The smallest absolute Gasteiger partial charge is 0.146 e. The maximum atomic E-state index is 13.6. The van der Waals surface area contributed by atoms with E-state index in [1.165, 1.54) is 18.2 Å². The van der Waals surface area contributed by atoms with E-state index in [4.69, 9.17) is 16.9 Å². The van der Waals surface area contributed by atoms with E-state index < -0.39 is 5.82 Å². The van der Waals surface area contributed by atoms with Gasteiger partial charge < -0.3 is 5.32 Å². The van der Waals surface area contributed by atoms with E-state index in [-0.39, 0.29) is 5.69 Å². The summed E-state index contributed by atoms with van der Waals surface area (Å²) in [6.45, 7) is 0. The van der Waals surface area contributed by atoms with Crippen LogP contribution in [0.15, 0.2) is 40.9 Å². The molecule has 0 saturated heterocycles. The minimum Gasteiger partial charge on any atom is -0.352 e. The minimum atomic E-state index is -0.428. The Morgan fingerprint density at radius 1 is 1.22 bits per heavy atom. The fourth-order valence-electron chi connectivity index (χ4n) is 1.48. The van der Waals surface area contributed by atoms with Crippen molar-refractivity contribution in [1.29, 1.82) is 5.26 Å². The molecule has 0 fully saturated rings. The van der Waals surface area contributed by atoms with Gasteiger partial charge in [-0.05, 0) is 46.3 Å². The highest BCUT2D eigenvalue weighted by Crippen LogP contribution is 2.29. The van der Waals surface area contributed by atoms with Crippen LogP contribution in [-0.2, 0) is 0 Å². The largest absolute Gasteiger partial charge is 0.352 e. The van der Waals surface area contributed by atoms with Crippen LogP contribution in [0.25, 0.3) is 0 Å². The fraction of sp³-hybridized carbons (Fsp3) is 0. The average molecular weight is 326 g/mol. The molecule has 0 aliphatic rings. The Kier molecular flexibility index (Phi) is 3.85. The summed E-state index contributed by atoms with van der Waals surface area (Å²) < 4.78 is 14.2. The second-order valence-corrected chi connectivity index (χ2v) is 4.81. The Balaban J connectivity index is 2.44. The van der Waals surface area contributed by atoms with Crippen molar-refractivity contribution in [3.63, 3.8) is 0 Å². The standard InChI is InChI=1S/C13H7BrClFN2/c14-10-2-1-3-12(9(10)7-17)18-13-6-8(15)4-5-11(13)16/h1-6,18H. The first-order chi connectivity index (χ1) is 8.61. The van der Waals surface area contributed by atoms with Crippen LogP contribution in [0.4, 0.5) is 15.8 Å². The molecule has 2 rings (SSSR count). The van der Waals surface area contributed by atoms with E-state index in [1.807, 2.05) is 0 Å². The van der Waals surface area contributed by atoms with Crippen LogP contribution in [0.1, 0.15) is 5.56 Å². The molecule has 5 heteroatoms. The molecule has 0 spiro atoms. The lowest BCUT2D eigenvalue weighted by atomic mass is 10.2. The molecular formula is C13H7BrClFN2. The molecule has 0 amide bonds. The van der Waals surface area contributed by atoms with Gasteiger partial charge in [0, 0.05) is 9.50 Å². The molecule has 2 aromatic rings. The average Bonchev–Trinajstić information content (AvgIpc) is 2.34. The van der Waals surface area contributed by atoms with E-state index in [2.05, 4.69) is 27.3 Å². The highest BCUT2D eigenvalue weighted by Gasteiger charge is 2.09. The quantitative estimate of drug-likeness (QED) is 0.856. The normalized spacial score (nSPS) is 9.89. The Bertz CT molecular complexity index is 637. The summed E-state index contributed by atoms with van der Waals surface area (Å²) in [6.07, 6.45) is 0. The summed E-state index contributed by atoms with van der Waals surface area (Å²) in [5.74, 6) is -0.428. The Hall–Kier alpha value is -1.57. The second-order valence-electron chi connectivity index (χ2n) is 3.52. The lowest BCUT2D eigenvalue weighted by Crippen LogP contribution is -1.96. The Labute approximate surface area is 117 Å². The first kappa shape index (κ1) is 12.9. The van der Waals surface area contributed by atoms with E-state index in [1.54, 1.807) is 18.2 Å². The van der Waals surface area contributed by atoms with Gasteiger partial charge in [-0.25, -0.2) is 4.39 Å². The summed E-state index contributed by atoms with van der Waals surface area (Å²) in [4.78, 5) is 0. The lowest BCUT2D eigenvalue weighted by molar-refractivity contribution is 0.632. The number of nitrogens with zero attached hydrogens (tertiary/aromatic N) is 1. The molecule has 0 saturated carbocycles. The zero-order valence-corrected chi connectivity index (χ0v) is 11.4. The topological polar surface area (TPSA) is 35.8 Å². The van der Waals surface area contributed by atoms with Crippen molar-refractivity contribution in [2.75, 3.05) is 5.32 Å². The molecule has 1 N–H and O–H groups in total. The molecule has 90 valence electrons. The molecule has 0 atom stereocenters. The summed E-state index contributed by atoms with van der Waals surface area (Å²) >= 11 is 9.08. The van der Waals surface area contributed by atoms with Crippen molar-refractivity contribution in [3.05, 3.63) is 57.3 Å². The first-order valence-corrected chi connectivity index (χ1v) is 6.19. The van der Waals surface area contributed by atoms with Gasteiger partial charge in [0.2, 0.25) is 0 Å². The van der Waals surface area contributed by atoms with Gasteiger partial charge in [-0.2, -0.15) is 5.26 Å². The molecule has 0 aliphatic carbocycles. The number of rotatable bonds is 2. The van der Waals surface area contributed by atoms with Gasteiger partial charge in [-0.1, -0.05) is 17.7 Å². The highest BCUT2D eigenvalue weighted by atomic mass is 79.9. The number of hydrogen-bond donors (Lipinski definition) is 1. The first-order valence-electron chi connectivity index (χ1n) is 5.02. The van der Waals surface area contributed by atoms with Gasteiger partial charge in [-0.3, -0.25) is 0 Å². The van der Waals surface area contributed by atoms with Crippen molar-refractivity contribution in [2.45, 2.75) is 0 Å². The van der Waals surface area contributed by atoms with E-state index >= 15 is 0 Å². The van der Waals surface area contributed by atoms with Gasteiger partial charge in [0.1, 0.15) is 11.9 Å². The monoisotopic (exact) mass is 324 g/mol. The highest BCUT2D eigenvalue weighted by molar-refractivity contribution is 9.10. The molecule has 0 heterocycles. The van der Waals surface area contributed by atoms with Crippen LogP contribution in [0, 0.1) is 17.1 Å². The third kappa shape index (κ3) is 2.63. The van der Waals surface area contributed by atoms with E-state index in [9.17, 15) is 4.39 Å². The third-order valence-corrected chi connectivity index (χ3v) is 3.22. The second kappa shape index (κ2) is 5.38. The molecule has 18 heavy (non-hydrogen) atoms. The summed E-state index contributed by atoms with van der Waals surface area (Å²) in [7, 11) is 0. The predicted octanol–water partition coefficient (Wildman–Crippen LogP) is 4.86. The number of halogens is 3. The van der Waals surface area contributed by atoms with Gasteiger partial charge in [0.25, 0.3) is 0 Å². The summed E-state index contributed by atoms with van der Waals surface area (Å²) in [5, 5.41) is 12.3. The SMILES string of the molecule is N#Cc1c(Br)cccc1Nc1cc(Cl)ccc1F.